The van der Waals surface area contributed by atoms with Gasteiger partial charge < -0.3 is 24.1 Å². The van der Waals surface area contributed by atoms with Gasteiger partial charge in [-0.3, -0.25) is 14.4 Å². The quantitative estimate of drug-likeness (QED) is 0.546. The molecule has 1 N–H and O–H groups in total. The number of carbonyl (C=O) groups excluding carboxylic acids is 3. The summed E-state index contributed by atoms with van der Waals surface area (Å²) in [7, 11) is 0. The highest BCUT2D eigenvalue weighted by Crippen LogP contribution is 2.24. The summed E-state index contributed by atoms with van der Waals surface area (Å²) in [6, 6.07) is 0. The van der Waals surface area contributed by atoms with Gasteiger partial charge in [0.2, 0.25) is 0 Å². The van der Waals surface area contributed by atoms with Gasteiger partial charge in [-0.25, -0.2) is 0 Å². The average Bonchev–Trinajstić information content (AvgIpc) is 2.29. The molecule has 1 fully saturated rings. The van der Waals surface area contributed by atoms with Crippen molar-refractivity contribution in [1.82, 2.24) is 0 Å². The first-order valence-corrected chi connectivity index (χ1v) is 6.11. The number of aliphatic hydroxyl groups excluding tert-OH is 1. The summed E-state index contributed by atoms with van der Waals surface area (Å²) >= 11 is 0. The van der Waals surface area contributed by atoms with E-state index in [1.165, 1.54) is 20.8 Å². The van der Waals surface area contributed by atoms with E-state index in [1.807, 2.05) is 0 Å². The van der Waals surface area contributed by atoms with E-state index in [-0.39, 0.29) is 13.0 Å². The molecule has 0 saturated carbocycles. The van der Waals surface area contributed by atoms with E-state index in [0.717, 1.165) is 0 Å². The third kappa shape index (κ3) is 5.14. The normalized spacial score (nSPS) is 29.4. The lowest BCUT2D eigenvalue weighted by atomic mass is 10.0. The Morgan fingerprint density at radius 1 is 1.05 bits per heavy atom. The Labute approximate surface area is 115 Å². The van der Waals surface area contributed by atoms with Crippen molar-refractivity contribution in [3.05, 3.63) is 0 Å². The van der Waals surface area contributed by atoms with Gasteiger partial charge in [-0.1, -0.05) is 0 Å². The van der Waals surface area contributed by atoms with Crippen LogP contribution in [0.25, 0.3) is 0 Å². The summed E-state index contributed by atoms with van der Waals surface area (Å²) in [5.41, 5.74) is 0. The van der Waals surface area contributed by atoms with E-state index in [4.69, 9.17) is 18.9 Å². The van der Waals surface area contributed by atoms with Crippen LogP contribution < -0.4 is 0 Å². The van der Waals surface area contributed by atoms with E-state index in [0.29, 0.717) is 0 Å². The molecular formula is C12H18O8. The molecule has 0 aromatic rings. The molecule has 1 aliphatic rings. The number of aliphatic hydroxyl groups is 1. The largest absolute Gasteiger partial charge is 0.463 e. The zero-order valence-electron chi connectivity index (χ0n) is 11.5. The number of esters is 3. The maximum Gasteiger partial charge on any atom is 0.303 e. The number of rotatable bonds is 4. The first-order valence-electron chi connectivity index (χ1n) is 6.11. The van der Waals surface area contributed by atoms with Crippen molar-refractivity contribution in [2.75, 3.05) is 6.61 Å². The van der Waals surface area contributed by atoms with Gasteiger partial charge in [-0.05, 0) is 0 Å². The predicted molar refractivity (Wildman–Crippen MR) is 63.2 cm³/mol. The van der Waals surface area contributed by atoms with Gasteiger partial charge in [0.25, 0.3) is 0 Å². The van der Waals surface area contributed by atoms with Crippen LogP contribution in [0.1, 0.15) is 27.2 Å². The Bertz CT molecular complexity index is 380. The minimum absolute atomic E-state index is 0.0618. The summed E-state index contributed by atoms with van der Waals surface area (Å²) in [4.78, 5) is 32.8. The molecule has 0 aromatic heterocycles. The fourth-order valence-electron chi connectivity index (χ4n) is 1.85. The molecule has 0 aliphatic carbocycles. The Balaban J connectivity index is 2.70. The van der Waals surface area contributed by atoms with Crippen LogP contribution in [0.4, 0.5) is 0 Å². The summed E-state index contributed by atoms with van der Waals surface area (Å²) in [5.74, 6) is -1.66. The molecule has 20 heavy (non-hydrogen) atoms. The number of carbonyl (C=O) groups is 3. The van der Waals surface area contributed by atoms with Crippen molar-refractivity contribution in [2.24, 2.45) is 0 Å². The maximum absolute atomic E-state index is 11.1. The van der Waals surface area contributed by atoms with E-state index in [9.17, 15) is 19.5 Å². The summed E-state index contributed by atoms with van der Waals surface area (Å²) in [5, 5.41) is 9.72. The van der Waals surface area contributed by atoms with Crippen molar-refractivity contribution < 1.29 is 38.4 Å². The minimum Gasteiger partial charge on any atom is -0.463 e. The molecule has 1 rings (SSSR count). The van der Waals surface area contributed by atoms with Crippen molar-refractivity contribution in [1.29, 1.82) is 0 Å². The third-order valence-electron chi connectivity index (χ3n) is 2.60. The lowest BCUT2D eigenvalue weighted by Gasteiger charge is -2.37. The predicted octanol–water partition coefficient (Wildman–Crippen LogP) is -0.480. The molecule has 0 radical (unpaired) electrons. The van der Waals surface area contributed by atoms with Gasteiger partial charge in [-0.2, -0.15) is 0 Å². The zero-order valence-corrected chi connectivity index (χ0v) is 11.5. The maximum atomic E-state index is 11.1. The molecule has 0 spiro atoms. The number of hydrogen-bond acceptors (Lipinski definition) is 8. The van der Waals surface area contributed by atoms with Crippen LogP contribution in [0.3, 0.4) is 0 Å². The van der Waals surface area contributed by atoms with Crippen molar-refractivity contribution >= 4 is 17.9 Å². The van der Waals surface area contributed by atoms with Gasteiger partial charge >= 0.3 is 17.9 Å². The highest BCUT2D eigenvalue weighted by Gasteiger charge is 2.41. The van der Waals surface area contributed by atoms with Crippen molar-refractivity contribution in [3.8, 4) is 0 Å². The van der Waals surface area contributed by atoms with Gasteiger partial charge in [0.1, 0.15) is 18.8 Å². The summed E-state index contributed by atoms with van der Waals surface area (Å²) in [6.45, 7) is 3.46. The molecule has 8 heteroatoms. The molecule has 1 aliphatic heterocycles. The highest BCUT2D eigenvalue weighted by atomic mass is 16.7. The monoisotopic (exact) mass is 290 g/mol. The van der Waals surface area contributed by atoms with Gasteiger partial charge in [0, 0.05) is 27.2 Å². The molecule has 0 bridgehead atoms. The highest BCUT2D eigenvalue weighted by molar-refractivity contribution is 5.67. The van der Waals surface area contributed by atoms with Gasteiger partial charge in [-0.15, -0.1) is 0 Å². The van der Waals surface area contributed by atoms with Crippen LogP contribution in [0.5, 0.6) is 0 Å². The van der Waals surface area contributed by atoms with Crippen LogP contribution in [0.15, 0.2) is 0 Å². The lowest BCUT2D eigenvalue weighted by molar-refractivity contribution is -0.262. The standard InChI is InChI=1S/C12H18O8/c1-6(13)17-5-11-9(18-7(2)14)4-10(12(16)20-11)19-8(3)15/h9-12,16H,4-5H2,1-3H3/t9-,10+,11+,12+/m0/s1. The Morgan fingerprint density at radius 2 is 1.60 bits per heavy atom. The molecule has 4 atom stereocenters. The van der Waals surface area contributed by atoms with Gasteiger partial charge in [0.15, 0.2) is 12.4 Å². The molecule has 8 nitrogen and oxygen atoms in total. The average molecular weight is 290 g/mol. The first-order chi connectivity index (χ1) is 9.29. The lowest BCUT2D eigenvalue weighted by Crippen LogP contribution is -2.51. The molecule has 1 saturated heterocycles. The van der Waals surface area contributed by atoms with Crippen LogP contribution >= 0.6 is 0 Å². The van der Waals surface area contributed by atoms with Gasteiger partial charge in [0.05, 0.1) is 0 Å². The second-order valence-corrected chi connectivity index (χ2v) is 4.40. The van der Waals surface area contributed by atoms with Crippen LogP contribution in [-0.4, -0.2) is 54.2 Å². The van der Waals surface area contributed by atoms with E-state index >= 15 is 0 Å². The number of hydrogen-bond donors (Lipinski definition) is 1. The SMILES string of the molecule is CC(=O)OC[C@H]1O[C@@H](O)[C@H](OC(C)=O)C[C@@H]1OC(C)=O. The minimum atomic E-state index is -1.37. The van der Waals surface area contributed by atoms with Crippen molar-refractivity contribution in [3.63, 3.8) is 0 Å². The second kappa shape index (κ2) is 7.20. The fourth-order valence-corrected chi connectivity index (χ4v) is 1.85. The van der Waals surface area contributed by atoms with Crippen molar-refractivity contribution in [2.45, 2.75) is 51.8 Å². The van der Waals surface area contributed by atoms with Crippen LogP contribution in [-0.2, 0) is 33.3 Å². The summed E-state index contributed by atoms with van der Waals surface area (Å²) < 4.78 is 19.9. The van der Waals surface area contributed by atoms with E-state index < -0.39 is 42.5 Å². The summed E-state index contributed by atoms with van der Waals surface area (Å²) in [6.07, 6.45) is -3.84. The van der Waals surface area contributed by atoms with Crippen LogP contribution in [0, 0.1) is 0 Å². The second-order valence-electron chi connectivity index (χ2n) is 4.40. The first kappa shape index (κ1) is 16.4. The molecule has 0 aromatic carbocycles. The van der Waals surface area contributed by atoms with Crippen LogP contribution in [0.2, 0.25) is 0 Å². The molecule has 0 unspecified atom stereocenters. The Hall–Kier alpha value is -1.67. The van der Waals surface area contributed by atoms with E-state index in [2.05, 4.69) is 0 Å². The van der Waals surface area contributed by atoms with E-state index in [1.54, 1.807) is 0 Å². The Kier molecular flexibility index (Phi) is 5.90. The molecular weight excluding hydrogens is 272 g/mol. The smallest absolute Gasteiger partial charge is 0.303 e. The molecule has 1 heterocycles. The number of ether oxygens (including phenoxy) is 4. The third-order valence-corrected chi connectivity index (χ3v) is 2.60. The molecule has 0 amide bonds. The molecule has 114 valence electrons. The Morgan fingerprint density at radius 3 is 2.10 bits per heavy atom. The topological polar surface area (TPSA) is 108 Å². The zero-order chi connectivity index (χ0) is 15.3. The fraction of sp³-hybridized carbons (Fsp3) is 0.750.